The molecular weight excluding hydrogens is 1200 g/mol. The van der Waals surface area contributed by atoms with E-state index in [9.17, 15) is 84.5 Å². The summed E-state index contributed by atoms with van der Waals surface area (Å²) in [6.45, 7) is 12.4. The third kappa shape index (κ3) is 13.5. The molecule has 4 aliphatic carbocycles. The van der Waals surface area contributed by atoms with Gasteiger partial charge in [0.2, 0.25) is 10.4 Å². The molecule has 29 nitrogen and oxygen atoms in total. The van der Waals surface area contributed by atoms with E-state index >= 15 is 0 Å². The zero-order valence-corrected chi connectivity index (χ0v) is 53.7. The van der Waals surface area contributed by atoms with Crippen molar-refractivity contribution in [3.05, 3.63) is 22.8 Å². The number of allylic oxidation sites excluding steroid dienone is 3. The van der Waals surface area contributed by atoms with Crippen molar-refractivity contribution in [3.8, 4) is 0 Å². The third-order valence-corrected chi connectivity index (χ3v) is 21.9. The fourth-order valence-corrected chi connectivity index (χ4v) is 16.6. The zero-order valence-electron chi connectivity index (χ0n) is 50.9. The summed E-state index contributed by atoms with van der Waals surface area (Å²) in [5.41, 5.74) is 0.994. The molecule has 0 aromatic carbocycles. The van der Waals surface area contributed by atoms with Crippen LogP contribution >= 0.6 is 0 Å². The van der Waals surface area contributed by atoms with Crippen LogP contribution in [0.4, 0.5) is 0 Å². The molecule has 9 fully saturated rings. The van der Waals surface area contributed by atoms with Crippen molar-refractivity contribution < 1.29 is 170 Å². The Morgan fingerprint density at radius 3 is 1.75 bits per heavy atom. The predicted octanol–water partition coefficient (Wildman–Crippen LogP) is -6.92. The fraction of sp³-hybridized carbons (Fsp3) is 0.930. The fourth-order valence-electron chi connectivity index (χ4n) is 16.1. The maximum atomic E-state index is 12.5. The second-order valence-electron chi connectivity index (χ2n) is 26.9. The number of rotatable bonds is 17. The van der Waals surface area contributed by atoms with Gasteiger partial charge in [0.25, 0.3) is 0 Å². The molecule has 35 atom stereocenters. The van der Waals surface area contributed by atoms with E-state index in [1.54, 1.807) is 0 Å². The predicted molar refractivity (Wildman–Crippen MR) is 289 cm³/mol. The summed E-state index contributed by atoms with van der Waals surface area (Å²) in [4.78, 5) is 0. The third-order valence-electron chi connectivity index (χ3n) is 21.4. The molecule has 0 aromatic rings. The number of hydrogen-bond acceptors (Lipinski definition) is 29. The molecule has 10 aliphatic rings. The molecule has 0 bridgehead atoms. The van der Waals surface area contributed by atoms with Crippen LogP contribution in [0.2, 0.25) is 0 Å². The van der Waals surface area contributed by atoms with Gasteiger partial charge >= 0.3 is 29.6 Å². The van der Waals surface area contributed by atoms with Crippen LogP contribution in [0.1, 0.15) is 100 Å². The van der Waals surface area contributed by atoms with E-state index in [2.05, 4.69) is 19.9 Å². The van der Waals surface area contributed by atoms with Gasteiger partial charge in [0, 0.05) is 0 Å². The van der Waals surface area contributed by atoms with Gasteiger partial charge in [-0.05, 0) is 127 Å². The van der Waals surface area contributed by atoms with Crippen LogP contribution in [0.5, 0.6) is 0 Å². The van der Waals surface area contributed by atoms with Gasteiger partial charge < -0.3 is 128 Å². The van der Waals surface area contributed by atoms with E-state index in [4.69, 9.17) is 56.3 Å². The molecule has 2 unspecified atom stereocenters. The summed E-state index contributed by atoms with van der Waals surface area (Å²) >= 11 is 0. The van der Waals surface area contributed by atoms with Gasteiger partial charge in [-0.25, -0.2) is 8.42 Å². The Labute approximate surface area is 532 Å². The van der Waals surface area contributed by atoms with E-state index in [0.29, 0.717) is 19.3 Å². The Morgan fingerprint density at radius 2 is 1.17 bits per heavy atom. The molecule has 6 heterocycles. The van der Waals surface area contributed by atoms with Gasteiger partial charge in [-0.3, -0.25) is 4.18 Å². The molecule has 14 N–H and O–H groups in total. The van der Waals surface area contributed by atoms with E-state index < -0.39 is 218 Å². The van der Waals surface area contributed by atoms with E-state index in [1.807, 2.05) is 27.7 Å². The topological polar surface area (TPSA) is 454 Å². The van der Waals surface area contributed by atoms with Gasteiger partial charge in [-0.1, -0.05) is 31.1 Å². The number of fused-ring (bicyclic) bond motifs is 5. The number of epoxide rings is 1. The normalized spacial score (nSPS) is 52.0. The van der Waals surface area contributed by atoms with Crippen molar-refractivity contribution >= 4 is 10.4 Å². The first-order valence-electron chi connectivity index (χ1n) is 30.3. The zero-order chi connectivity index (χ0) is 63.5. The van der Waals surface area contributed by atoms with Gasteiger partial charge in [-0.2, -0.15) is 0 Å². The molecule has 31 heteroatoms. The van der Waals surface area contributed by atoms with Crippen molar-refractivity contribution in [1.29, 1.82) is 0 Å². The molecule has 0 amide bonds. The van der Waals surface area contributed by atoms with E-state index in [-0.39, 0.29) is 72.7 Å². The summed E-state index contributed by atoms with van der Waals surface area (Å²) in [7, 11) is -5.16. The number of aliphatic hydroxyl groups excluding tert-OH is 13. The van der Waals surface area contributed by atoms with Crippen LogP contribution in [-0.4, -0.2) is 282 Å². The van der Waals surface area contributed by atoms with Crippen molar-refractivity contribution in [2.75, 3.05) is 19.8 Å². The second kappa shape index (κ2) is 27.5. The molecule has 0 radical (unpaired) electrons. The number of ether oxygens (including phenoxy) is 11. The Morgan fingerprint density at radius 1 is 0.625 bits per heavy atom. The van der Waals surface area contributed by atoms with Crippen molar-refractivity contribution in [1.82, 2.24) is 0 Å². The first-order chi connectivity index (χ1) is 40.8. The monoisotopic (exact) mass is 1290 g/mol. The summed E-state index contributed by atoms with van der Waals surface area (Å²) < 4.78 is 108. The van der Waals surface area contributed by atoms with Crippen LogP contribution in [-0.2, 0) is 66.7 Å². The van der Waals surface area contributed by atoms with Crippen LogP contribution in [0.15, 0.2) is 22.8 Å². The van der Waals surface area contributed by atoms with E-state index in [0.717, 1.165) is 23.1 Å². The summed E-state index contributed by atoms with van der Waals surface area (Å²) in [6.07, 6.45) is -39.9. The minimum Gasteiger partial charge on any atom is -0.726 e. The maximum absolute atomic E-state index is 12.5. The minimum absolute atomic E-state index is 0. The molecule has 10 rings (SSSR count). The van der Waals surface area contributed by atoms with Crippen molar-refractivity contribution in [2.45, 2.75) is 278 Å². The summed E-state index contributed by atoms with van der Waals surface area (Å²) in [6, 6.07) is 0. The van der Waals surface area contributed by atoms with Crippen molar-refractivity contribution in [2.24, 2.45) is 34.5 Å². The second-order valence-corrected chi connectivity index (χ2v) is 27.9. The van der Waals surface area contributed by atoms with Crippen LogP contribution in [0.3, 0.4) is 0 Å². The van der Waals surface area contributed by atoms with Gasteiger partial charge in [0.15, 0.2) is 31.5 Å². The standard InChI is InChI=1S/C57H92O29S.Na/c1-20(2)21(3)45-49(82-45)57(8,71)33-10-9-26-25-16-29(28-15-24(86-87(72,73)74)11-13-55(28,6)27(25)12-14-56(26,33)7)78-52-44(70)46(37(63)31(18-59)79-52)83-53-47(84-50-42(68)39(65)34(60)22(4)76-50)38(64)32(19-75-53)81-54-48(41(67)36(62)30(17-58)80-54)85-51-43(69)40(66)35(61)23(5)77-51;/h12,22-26,28-54,58-71H,9-11,13-19H2,1-8H3,(H,72,73,74);/q;+1/p-1/t22-,23-,24+,25+,26+,28-,29+,30-,31-,32-,33+,34-,35-,36+,37-,38+,39+,40+,41+,42-,43-,44-,45?,46+,47-,48-,49?,50+,51+,52-,53+,54+,55-,56+,57-;/m1./s1. The first kappa shape index (κ1) is 71.6. The summed E-state index contributed by atoms with van der Waals surface area (Å²) in [5, 5.41) is 157. The number of aliphatic hydroxyl groups is 14. The Balaban J connectivity index is 0.00000922. The molecule has 88 heavy (non-hydrogen) atoms. The van der Waals surface area contributed by atoms with Gasteiger partial charge in [-0.15, -0.1) is 0 Å². The molecule has 6 aliphatic heterocycles. The molecular formula is C57H91NaO29S. The SMILES string of the molecule is CC(C)=C(C)C1OC1[C@](C)(O)[C@H]1CC[C@H]2[C@@H]3C[C@H](O[C@@H]4O[C@H](CO)[C@@H](O)[C@H](O[C@@H]5OC[C@@H](O[C@@H]6O[C@H](CO)[C@H](O)[C@H](O)[C@H]6O[C@@H]6O[C@H](C)[C@@H](O)[C@H](O)[C@H]6O)[C@H](O)[C@H]5O[C@@H]5O[C@H](C)[C@@H](O)[C@H](O)[C@H]5O)[C@H]4O)[C@H]4C[C@@H](OS(=O)(=O)[O-])CC[C@]4(C)C3=CC[C@@]21C.[Na+]. The Kier molecular flexibility index (Phi) is 22.4. The summed E-state index contributed by atoms with van der Waals surface area (Å²) in [5.74, 6) is -0.932. The molecule has 3 saturated carbocycles. The first-order valence-corrected chi connectivity index (χ1v) is 31.7. The molecule has 0 spiro atoms. The quantitative estimate of drug-likeness (QED) is 0.0212. The average Bonchev–Trinajstić information content (AvgIpc) is 1.40. The Bertz CT molecular complexity index is 2570. The maximum Gasteiger partial charge on any atom is 1.00 e. The van der Waals surface area contributed by atoms with E-state index in [1.165, 1.54) is 13.8 Å². The smallest absolute Gasteiger partial charge is 0.726 e. The molecule has 500 valence electrons. The van der Waals surface area contributed by atoms with Crippen LogP contribution in [0.25, 0.3) is 0 Å². The minimum atomic E-state index is -5.16. The molecule has 6 saturated heterocycles. The molecule has 0 aromatic heterocycles. The van der Waals surface area contributed by atoms with Crippen molar-refractivity contribution in [3.63, 3.8) is 0 Å². The van der Waals surface area contributed by atoms with Gasteiger partial charge in [0.1, 0.15) is 116 Å². The average molecular weight is 1300 g/mol. The van der Waals surface area contributed by atoms with Crippen LogP contribution < -0.4 is 29.6 Å². The number of hydrogen-bond donors (Lipinski definition) is 14. The van der Waals surface area contributed by atoms with Crippen LogP contribution in [0, 0.1) is 34.5 Å². The van der Waals surface area contributed by atoms with Gasteiger partial charge in [0.05, 0.1) is 49.8 Å². The largest absolute Gasteiger partial charge is 1.00 e. The Hall–Kier alpha value is -0.650.